The molecule has 0 aliphatic carbocycles. The maximum atomic E-state index is 13.9. The van der Waals surface area contributed by atoms with Crippen molar-refractivity contribution in [2.75, 3.05) is 27.1 Å². The van der Waals surface area contributed by atoms with Crippen LogP contribution in [-0.2, 0) is 6.54 Å². The average Bonchev–Trinajstić information content (AvgIpc) is 3.71. The largest absolute Gasteiger partial charge is 0.497 e. The van der Waals surface area contributed by atoms with Crippen LogP contribution < -0.4 is 23.7 Å². The summed E-state index contributed by atoms with van der Waals surface area (Å²) >= 11 is 0. The van der Waals surface area contributed by atoms with E-state index in [0.717, 1.165) is 46.5 Å². The van der Waals surface area contributed by atoms with Gasteiger partial charge < -0.3 is 28.6 Å². The van der Waals surface area contributed by atoms with Crippen LogP contribution in [0.1, 0.15) is 59.9 Å². The number of aromatic amines is 1. The first-order valence-corrected chi connectivity index (χ1v) is 13.9. The first kappa shape index (κ1) is 26.6. The highest BCUT2D eigenvalue weighted by molar-refractivity contribution is 6.00. The third kappa shape index (κ3) is 5.03. The van der Waals surface area contributed by atoms with Crippen molar-refractivity contribution in [2.24, 2.45) is 0 Å². The number of H-pyrrole nitrogens is 1. The van der Waals surface area contributed by atoms with Gasteiger partial charge in [0.15, 0.2) is 23.0 Å². The summed E-state index contributed by atoms with van der Waals surface area (Å²) in [5.41, 5.74) is 4.73. The molecule has 1 amide bonds. The summed E-state index contributed by atoms with van der Waals surface area (Å²) in [6, 6.07) is 19.0. The molecular weight excluding hydrogens is 522 g/mol. The van der Waals surface area contributed by atoms with E-state index >= 15 is 0 Å². The highest BCUT2D eigenvalue weighted by atomic mass is 16.7. The lowest BCUT2D eigenvalue weighted by Gasteiger charge is -2.27. The van der Waals surface area contributed by atoms with Crippen molar-refractivity contribution in [1.82, 2.24) is 15.1 Å². The molecule has 0 fully saturated rings. The lowest BCUT2D eigenvalue weighted by atomic mass is 9.95. The number of fused-ring (bicyclic) bond motifs is 2. The second-order valence-electron chi connectivity index (χ2n) is 9.95. The molecule has 0 saturated heterocycles. The number of hydrogen-bond acceptors (Lipinski definition) is 7. The number of amides is 1. The van der Waals surface area contributed by atoms with Gasteiger partial charge in [-0.1, -0.05) is 25.5 Å². The van der Waals surface area contributed by atoms with Crippen LogP contribution in [0, 0.1) is 0 Å². The zero-order valence-corrected chi connectivity index (χ0v) is 23.4. The lowest BCUT2D eigenvalue weighted by Crippen LogP contribution is -2.29. The number of hydrogen-bond donors (Lipinski definition) is 1. The maximum Gasteiger partial charge on any atom is 0.273 e. The van der Waals surface area contributed by atoms with Gasteiger partial charge in [0.1, 0.15) is 11.4 Å². The average molecular weight is 556 g/mol. The Balaban J connectivity index is 1.43. The second-order valence-corrected chi connectivity index (χ2v) is 9.95. The van der Waals surface area contributed by atoms with Crippen LogP contribution in [0.5, 0.6) is 28.7 Å². The molecule has 4 aromatic rings. The monoisotopic (exact) mass is 555 g/mol. The van der Waals surface area contributed by atoms with Crippen molar-refractivity contribution in [2.45, 2.75) is 39.3 Å². The molecule has 1 N–H and O–H groups in total. The molecule has 0 spiro atoms. The van der Waals surface area contributed by atoms with E-state index in [4.69, 9.17) is 23.7 Å². The van der Waals surface area contributed by atoms with Gasteiger partial charge in [-0.3, -0.25) is 9.89 Å². The Morgan fingerprint density at radius 2 is 1.80 bits per heavy atom. The number of rotatable bonds is 11. The number of ether oxygens (including phenoxy) is 5. The number of carbonyl (C=O) groups is 1. The number of carbonyl (C=O) groups excluding carboxylic acids is 1. The fourth-order valence-electron chi connectivity index (χ4n) is 5.32. The van der Waals surface area contributed by atoms with Gasteiger partial charge in [-0.05, 0) is 73.0 Å². The van der Waals surface area contributed by atoms with Crippen molar-refractivity contribution in [3.8, 4) is 40.0 Å². The number of unbranched alkanes of at least 4 members (excludes halogenated alkanes) is 1. The van der Waals surface area contributed by atoms with Gasteiger partial charge in [-0.25, -0.2) is 0 Å². The molecule has 0 saturated carbocycles. The van der Waals surface area contributed by atoms with Crippen molar-refractivity contribution < 1.29 is 28.5 Å². The van der Waals surface area contributed by atoms with Gasteiger partial charge in [0, 0.05) is 17.7 Å². The normalized spacial score (nSPS) is 15.2. The Hall–Kier alpha value is -4.66. The third-order valence-electron chi connectivity index (χ3n) is 7.36. The fourth-order valence-corrected chi connectivity index (χ4v) is 5.32. The Kier molecular flexibility index (Phi) is 7.41. The molecule has 41 heavy (non-hydrogen) atoms. The predicted octanol–water partition coefficient (Wildman–Crippen LogP) is 6.14. The van der Waals surface area contributed by atoms with Gasteiger partial charge in [-0.15, -0.1) is 0 Å². The van der Waals surface area contributed by atoms with E-state index in [1.807, 2.05) is 72.5 Å². The maximum absolute atomic E-state index is 13.9. The van der Waals surface area contributed by atoms with Gasteiger partial charge in [0.05, 0.1) is 32.1 Å². The van der Waals surface area contributed by atoms with Crippen molar-refractivity contribution in [1.29, 1.82) is 0 Å². The lowest BCUT2D eigenvalue weighted by molar-refractivity contribution is 0.0729. The molecule has 2 aliphatic heterocycles. The number of nitrogens with zero attached hydrogens (tertiary/aromatic N) is 2. The van der Waals surface area contributed by atoms with Crippen LogP contribution in [0.15, 0.2) is 60.7 Å². The van der Waals surface area contributed by atoms with E-state index in [0.29, 0.717) is 48.5 Å². The molecule has 0 radical (unpaired) electrons. The smallest absolute Gasteiger partial charge is 0.273 e. The topological polar surface area (TPSA) is 95.1 Å². The van der Waals surface area contributed by atoms with E-state index < -0.39 is 6.04 Å². The van der Waals surface area contributed by atoms with E-state index in [1.54, 1.807) is 7.11 Å². The Morgan fingerprint density at radius 1 is 0.976 bits per heavy atom. The van der Waals surface area contributed by atoms with Gasteiger partial charge in [0.25, 0.3) is 5.91 Å². The van der Waals surface area contributed by atoms with E-state index in [-0.39, 0.29) is 12.7 Å². The van der Waals surface area contributed by atoms with Crippen LogP contribution in [-0.4, -0.2) is 48.1 Å². The third-order valence-corrected chi connectivity index (χ3v) is 7.36. The minimum absolute atomic E-state index is 0.129. The summed E-state index contributed by atoms with van der Waals surface area (Å²) in [5, 5.41) is 7.63. The number of benzene rings is 3. The molecule has 212 valence electrons. The molecule has 3 aromatic carbocycles. The zero-order chi connectivity index (χ0) is 28.3. The zero-order valence-electron chi connectivity index (χ0n) is 23.4. The summed E-state index contributed by atoms with van der Waals surface area (Å²) in [4.78, 5) is 15.8. The summed E-state index contributed by atoms with van der Waals surface area (Å²) in [5.74, 6) is 3.35. The van der Waals surface area contributed by atoms with E-state index in [9.17, 15) is 4.79 Å². The van der Waals surface area contributed by atoms with Crippen molar-refractivity contribution in [3.05, 3.63) is 83.0 Å². The van der Waals surface area contributed by atoms with Crippen molar-refractivity contribution in [3.63, 3.8) is 0 Å². The summed E-state index contributed by atoms with van der Waals surface area (Å²) in [6.45, 7) is 5.74. The highest BCUT2D eigenvalue weighted by Crippen LogP contribution is 2.46. The standard InChI is InChI=1S/C32H33N3O6/c1-4-6-15-39-24-14-10-22(17-27(24)38-5-2)31-28-29(21-8-11-23(37-3)12-9-21)33-34-30(28)32(36)35(31)18-20-7-13-25-26(16-20)41-19-40-25/h7-14,16-17,31H,4-6,15,18-19H2,1-3H3,(H,33,34). The first-order valence-electron chi connectivity index (χ1n) is 13.9. The van der Waals surface area contributed by atoms with Crippen LogP contribution >= 0.6 is 0 Å². The molecule has 6 rings (SSSR count). The van der Waals surface area contributed by atoms with Crippen LogP contribution in [0.3, 0.4) is 0 Å². The summed E-state index contributed by atoms with van der Waals surface area (Å²) in [6.07, 6.45) is 2.00. The summed E-state index contributed by atoms with van der Waals surface area (Å²) in [7, 11) is 1.63. The molecule has 9 nitrogen and oxygen atoms in total. The number of aromatic nitrogens is 2. The minimum atomic E-state index is -0.414. The van der Waals surface area contributed by atoms with Crippen molar-refractivity contribution >= 4 is 5.91 Å². The predicted molar refractivity (Wildman–Crippen MR) is 153 cm³/mol. The summed E-state index contributed by atoms with van der Waals surface area (Å²) < 4.78 is 28.5. The minimum Gasteiger partial charge on any atom is -0.497 e. The van der Waals surface area contributed by atoms with Crippen LogP contribution in [0.25, 0.3) is 11.3 Å². The molecule has 3 heterocycles. The van der Waals surface area contributed by atoms with Gasteiger partial charge >= 0.3 is 0 Å². The highest BCUT2D eigenvalue weighted by Gasteiger charge is 2.42. The molecule has 1 atom stereocenters. The molecule has 1 aromatic heterocycles. The van der Waals surface area contributed by atoms with Gasteiger partial charge in [0.2, 0.25) is 6.79 Å². The Bertz CT molecular complexity index is 1550. The number of nitrogens with one attached hydrogen (secondary N) is 1. The quantitative estimate of drug-likeness (QED) is 0.222. The fraction of sp³-hybridized carbons (Fsp3) is 0.312. The second kappa shape index (κ2) is 11.4. The van der Waals surface area contributed by atoms with Crippen LogP contribution in [0.2, 0.25) is 0 Å². The molecule has 0 bridgehead atoms. The van der Waals surface area contributed by atoms with E-state index in [1.165, 1.54) is 0 Å². The Labute approximate surface area is 238 Å². The molecular formula is C32H33N3O6. The van der Waals surface area contributed by atoms with Crippen LogP contribution in [0.4, 0.5) is 0 Å². The SMILES string of the molecule is CCCCOc1ccc(C2c3c(-c4ccc(OC)cc4)n[nH]c3C(=O)N2Cc2ccc3c(c2)OCO3)cc1OCC. The van der Waals surface area contributed by atoms with E-state index in [2.05, 4.69) is 17.1 Å². The first-order chi connectivity index (χ1) is 20.1. The molecule has 9 heteroatoms. The molecule has 1 unspecified atom stereocenters. The number of methoxy groups -OCH3 is 1. The molecule has 2 aliphatic rings. The van der Waals surface area contributed by atoms with Gasteiger partial charge in [-0.2, -0.15) is 5.10 Å². The Morgan fingerprint density at radius 3 is 2.59 bits per heavy atom.